The highest BCUT2D eigenvalue weighted by Gasteiger charge is 2.23. The fourth-order valence-electron chi connectivity index (χ4n) is 3.26. The van der Waals surface area contributed by atoms with E-state index in [2.05, 4.69) is 29.0 Å². The molecule has 0 spiro atoms. The Hall–Kier alpha value is -2.14. The molecule has 0 radical (unpaired) electrons. The molecule has 1 saturated heterocycles. The molecule has 128 valence electrons. The van der Waals surface area contributed by atoms with Crippen molar-refractivity contribution in [2.75, 3.05) is 18.4 Å². The lowest BCUT2D eigenvalue weighted by Gasteiger charge is -2.34. The summed E-state index contributed by atoms with van der Waals surface area (Å²) in [6.45, 7) is 6.70. The van der Waals surface area contributed by atoms with Gasteiger partial charge in [0, 0.05) is 17.8 Å². The molecule has 0 saturated carbocycles. The third-order valence-corrected chi connectivity index (χ3v) is 4.79. The van der Waals surface area contributed by atoms with Crippen LogP contribution in [-0.4, -0.2) is 34.9 Å². The number of carbonyl (C=O) groups excluding carboxylic acids is 1. The largest absolute Gasteiger partial charge is 0.348 e. The summed E-state index contributed by atoms with van der Waals surface area (Å²) in [6, 6.07) is 8.15. The van der Waals surface area contributed by atoms with Crippen LogP contribution in [0.15, 0.2) is 36.5 Å². The van der Waals surface area contributed by atoms with Crippen LogP contribution >= 0.6 is 0 Å². The first-order valence-corrected chi connectivity index (χ1v) is 8.52. The van der Waals surface area contributed by atoms with E-state index in [0.29, 0.717) is 23.3 Å². The van der Waals surface area contributed by atoms with Crippen molar-refractivity contribution in [3.63, 3.8) is 0 Å². The summed E-state index contributed by atoms with van der Waals surface area (Å²) in [5, 5.41) is 2.84. The molecule has 4 nitrogen and oxygen atoms in total. The Labute approximate surface area is 142 Å². The van der Waals surface area contributed by atoms with E-state index >= 15 is 0 Å². The lowest BCUT2D eigenvalue weighted by Crippen LogP contribution is -2.37. The first-order chi connectivity index (χ1) is 11.5. The van der Waals surface area contributed by atoms with Gasteiger partial charge in [0.05, 0.1) is 0 Å². The maximum atomic E-state index is 12.9. The number of aromatic nitrogens is 1. The van der Waals surface area contributed by atoms with E-state index in [9.17, 15) is 9.18 Å². The number of piperidine rings is 1. The monoisotopic (exact) mass is 329 g/mol. The number of nitrogens with one attached hydrogen (secondary N) is 2. The standard InChI is InChI=1S/C19H24FN3O/c1-13(2)23-9-7-14(8-10-23)16-11-18(21-12-16)22-19(24)15-3-5-17(20)6-4-15/h3-6,11-14,21H,7-10H2,1-2H3,(H,22,24). The van der Waals surface area contributed by atoms with E-state index in [4.69, 9.17) is 0 Å². The van der Waals surface area contributed by atoms with Gasteiger partial charge in [0.1, 0.15) is 11.6 Å². The third-order valence-electron chi connectivity index (χ3n) is 4.79. The van der Waals surface area contributed by atoms with Gasteiger partial charge in [-0.05, 0) is 81.6 Å². The number of likely N-dealkylation sites (tertiary alicyclic amines) is 1. The lowest BCUT2D eigenvalue weighted by atomic mass is 9.91. The van der Waals surface area contributed by atoms with Gasteiger partial charge in [-0.25, -0.2) is 4.39 Å². The molecule has 1 aliphatic rings. The van der Waals surface area contributed by atoms with Crippen LogP contribution in [0, 0.1) is 5.82 Å². The van der Waals surface area contributed by atoms with Crippen molar-refractivity contribution < 1.29 is 9.18 Å². The summed E-state index contributed by atoms with van der Waals surface area (Å²) in [5.74, 6) is 0.637. The molecule has 24 heavy (non-hydrogen) atoms. The highest BCUT2D eigenvalue weighted by atomic mass is 19.1. The van der Waals surface area contributed by atoms with Gasteiger partial charge in [-0.3, -0.25) is 4.79 Å². The van der Waals surface area contributed by atoms with Crippen molar-refractivity contribution in [3.05, 3.63) is 53.5 Å². The molecule has 2 aromatic rings. The van der Waals surface area contributed by atoms with Crippen LogP contribution in [-0.2, 0) is 0 Å². The molecule has 1 aliphatic heterocycles. The fraction of sp³-hybridized carbons (Fsp3) is 0.421. The molecule has 0 atom stereocenters. The molecule has 2 N–H and O–H groups in total. The number of rotatable bonds is 4. The van der Waals surface area contributed by atoms with Crippen molar-refractivity contribution in [3.8, 4) is 0 Å². The van der Waals surface area contributed by atoms with E-state index < -0.39 is 0 Å². The van der Waals surface area contributed by atoms with Gasteiger partial charge in [0.2, 0.25) is 0 Å². The predicted octanol–water partition coefficient (Wildman–Crippen LogP) is 3.99. The zero-order valence-electron chi connectivity index (χ0n) is 14.2. The highest BCUT2D eigenvalue weighted by Crippen LogP contribution is 2.30. The molecule has 1 aromatic carbocycles. The van der Waals surface area contributed by atoms with E-state index in [1.165, 1.54) is 29.8 Å². The van der Waals surface area contributed by atoms with Crippen LogP contribution in [0.5, 0.6) is 0 Å². The number of H-pyrrole nitrogens is 1. The number of aromatic amines is 1. The first kappa shape index (κ1) is 16.7. The number of hydrogen-bond acceptors (Lipinski definition) is 2. The van der Waals surface area contributed by atoms with Gasteiger partial charge in [0.25, 0.3) is 5.91 Å². The number of anilines is 1. The number of hydrogen-bond donors (Lipinski definition) is 2. The molecule has 1 fully saturated rings. The summed E-state index contributed by atoms with van der Waals surface area (Å²) in [6.07, 6.45) is 4.26. The zero-order chi connectivity index (χ0) is 17.1. The van der Waals surface area contributed by atoms with Crippen molar-refractivity contribution >= 4 is 11.7 Å². The maximum absolute atomic E-state index is 12.9. The maximum Gasteiger partial charge on any atom is 0.256 e. The summed E-state index contributed by atoms with van der Waals surface area (Å²) in [5.41, 5.74) is 1.69. The van der Waals surface area contributed by atoms with Crippen LogP contribution in [0.2, 0.25) is 0 Å². The van der Waals surface area contributed by atoms with Crippen LogP contribution in [0.1, 0.15) is 48.5 Å². The second-order valence-corrected chi connectivity index (χ2v) is 6.71. The number of benzene rings is 1. The summed E-state index contributed by atoms with van der Waals surface area (Å²) < 4.78 is 12.9. The molecule has 5 heteroatoms. The van der Waals surface area contributed by atoms with Crippen LogP contribution in [0.25, 0.3) is 0 Å². The second kappa shape index (κ2) is 7.18. The molecule has 0 bridgehead atoms. The molecular weight excluding hydrogens is 305 g/mol. The van der Waals surface area contributed by atoms with Crippen LogP contribution in [0.3, 0.4) is 0 Å². The smallest absolute Gasteiger partial charge is 0.256 e. The van der Waals surface area contributed by atoms with E-state index in [-0.39, 0.29) is 11.7 Å². The number of carbonyl (C=O) groups is 1. The Morgan fingerprint density at radius 3 is 2.54 bits per heavy atom. The first-order valence-electron chi connectivity index (χ1n) is 8.52. The van der Waals surface area contributed by atoms with Crippen molar-refractivity contribution in [1.29, 1.82) is 0 Å². The Balaban J connectivity index is 1.60. The minimum Gasteiger partial charge on any atom is -0.348 e. The molecule has 1 amide bonds. The van der Waals surface area contributed by atoms with Gasteiger partial charge >= 0.3 is 0 Å². The van der Waals surface area contributed by atoms with Crippen molar-refractivity contribution in [2.24, 2.45) is 0 Å². The van der Waals surface area contributed by atoms with Crippen molar-refractivity contribution in [2.45, 2.75) is 38.6 Å². The van der Waals surface area contributed by atoms with Gasteiger partial charge in [0.15, 0.2) is 0 Å². The summed E-state index contributed by atoms with van der Waals surface area (Å²) >= 11 is 0. The van der Waals surface area contributed by atoms with Gasteiger partial charge in [-0.2, -0.15) is 0 Å². The SMILES string of the molecule is CC(C)N1CCC(c2c[nH]c(NC(=O)c3ccc(F)cc3)c2)CC1. The van der Waals surface area contributed by atoms with E-state index in [1.807, 2.05) is 12.3 Å². The van der Waals surface area contributed by atoms with Crippen molar-refractivity contribution in [1.82, 2.24) is 9.88 Å². The zero-order valence-corrected chi connectivity index (χ0v) is 14.2. The molecule has 2 heterocycles. The Morgan fingerprint density at radius 2 is 1.92 bits per heavy atom. The topological polar surface area (TPSA) is 48.1 Å². The van der Waals surface area contributed by atoms with E-state index in [0.717, 1.165) is 25.9 Å². The van der Waals surface area contributed by atoms with Gasteiger partial charge in [-0.15, -0.1) is 0 Å². The lowest BCUT2D eigenvalue weighted by molar-refractivity contribution is 0.102. The minimum absolute atomic E-state index is 0.238. The molecule has 0 aliphatic carbocycles. The summed E-state index contributed by atoms with van der Waals surface area (Å²) in [7, 11) is 0. The normalized spacial score (nSPS) is 16.5. The second-order valence-electron chi connectivity index (χ2n) is 6.71. The summed E-state index contributed by atoms with van der Waals surface area (Å²) in [4.78, 5) is 17.8. The quantitative estimate of drug-likeness (QED) is 0.891. The van der Waals surface area contributed by atoms with Crippen LogP contribution < -0.4 is 5.32 Å². The Morgan fingerprint density at radius 1 is 1.25 bits per heavy atom. The average Bonchev–Trinajstić information content (AvgIpc) is 3.04. The number of nitrogens with zero attached hydrogens (tertiary/aromatic N) is 1. The number of halogens is 1. The molecule has 3 rings (SSSR count). The average molecular weight is 329 g/mol. The third kappa shape index (κ3) is 3.85. The fourth-order valence-corrected chi connectivity index (χ4v) is 3.26. The molecule has 0 unspecified atom stereocenters. The number of amides is 1. The molecule has 1 aromatic heterocycles. The predicted molar refractivity (Wildman–Crippen MR) is 93.8 cm³/mol. The molecular formula is C19H24FN3O. The van der Waals surface area contributed by atoms with Gasteiger partial charge < -0.3 is 15.2 Å². The minimum atomic E-state index is -0.346. The Kier molecular flexibility index (Phi) is 5.00. The Bertz CT molecular complexity index is 685. The highest BCUT2D eigenvalue weighted by molar-refractivity contribution is 6.03. The van der Waals surface area contributed by atoms with E-state index in [1.54, 1.807) is 0 Å². The van der Waals surface area contributed by atoms with Gasteiger partial charge in [-0.1, -0.05) is 0 Å². The van der Waals surface area contributed by atoms with Crippen LogP contribution in [0.4, 0.5) is 10.2 Å².